The molecule has 1 heterocycles. The van der Waals surface area contributed by atoms with Gasteiger partial charge in [0.15, 0.2) is 0 Å². The van der Waals surface area contributed by atoms with Crippen LogP contribution < -0.4 is 4.74 Å². The normalized spacial score (nSPS) is 10.0. The van der Waals surface area contributed by atoms with Crippen LogP contribution in [0.5, 0.6) is 6.01 Å². The van der Waals surface area contributed by atoms with Crippen LogP contribution in [0.1, 0.15) is 19.8 Å². The lowest BCUT2D eigenvalue weighted by molar-refractivity contribution is 0.354. The Morgan fingerprint density at radius 3 is 3.09 bits per heavy atom. The summed E-state index contributed by atoms with van der Waals surface area (Å²) < 4.78 is 7.05. The number of rotatable bonds is 4. The van der Waals surface area contributed by atoms with E-state index in [9.17, 15) is 0 Å². The molecule has 0 atom stereocenters. The number of aryl methyl sites for hydroxylation is 1. The largest absolute Gasteiger partial charge is 0.468 e. The molecule has 11 heavy (non-hydrogen) atoms. The summed E-state index contributed by atoms with van der Waals surface area (Å²) in [5, 5.41) is 0. The predicted octanol–water partition coefficient (Wildman–Crippen LogP) is 1.69. The summed E-state index contributed by atoms with van der Waals surface area (Å²) in [7, 11) is 1.64. The maximum absolute atomic E-state index is 5.03. The number of ether oxygens (including phenoxy) is 1. The number of aromatic nitrogens is 2. The quantitative estimate of drug-likeness (QED) is 0.660. The Balaban J connectivity index is 2.54. The third kappa shape index (κ3) is 1.97. The van der Waals surface area contributed by atoms with Crippen molar-refractivity contribution in [3.63, 3.8) is 0 Å². The Bertz CT molecular complexity index is 208. The fourth-order valence-electron chi connectivity index (χ4n) is 0.984. The molecule has 3 nitrogen and oxygen atoms in total. The van der Waals surface area contributed by atoms with Gasteiger partial charge in [0, 0.05) is 18.9 Å². The number of unbranched alkanes of at least 4 members (excludes halogenated alkanes) is 1. The molecule has 0 aromatic carbocycles. The van der Waals surface area contributed by atoms with E-state index < -0.39 is 0 Å². The van der Waals surface area contributed by atoms with Crippen molar-refractivity contribution in [2.45, 2.75) is 26.3 Å². The predicted molar refractivity (Wildman–Crippen MR) is 43.7 cm³/mol. The van der Waals surface area contributed by atoms with Gasteiger partial charge in [-0.2, -0.15) is 0 Å². The fourth-order valence-corrected chi connectivity index (χ4v) is 0.984. The molecule has 0 N–H and O–H groups in total. The second-order valence-corrected chi connectivity index (χ2v) is 2.46. The summed E-state index contributed by atoms with van der Waals surface area (Å²) in [6, 6.07) is 0.707. The van der Waals surface area contributed by atoms with Crippen molar-refractivity contribution in [3.8, 4) is 6.01 Å². The van der Waals surface area contributed by atoms with E-state index in [-0.39, 0.29) is 0 Å². The number of methoxy groups -OCH3 is 1. The molecule has 3 heteroatoms. The van der Waals surface area contributed by atoms with Crippen molar-refractivity contribution >= 4 is 0 Å². The number of imidazole rings is 1. The van der Waals surface area contributed by atoms with Gasteiger partial charge >= 0.3 is 0 Å². The molecular formula is C8H14N2O. The Labute approximate surface area is 67.0 Å². The highest BCUT2D eigenvalue weighted by Gasteiger charge is 1.98. The van der Waals surface area contributed by atoms with Gasteiger partial charge < -0.3 is 9.30 Å². The van der Waals surface area contributed by atoms with Crippen LogP contribution in [0.3, 0.4) is 0 Å². The van der Waals surface area contributed by atoms with Crippen molar-refractivity contribution in [2.75, 3.05) is 7.11 Å². The molecule has 0 aliphatic carbocycles. The molecule has 0 fully saturated rings. The smallest absolute Gasteiger partial charge is 0.295 e. The minimum Gasteiger partial charge on any atom is -0.468 e. The first-order valence-corrected chi connectivity index (χ1v) is 3.93. The first-order valence-electron chi connectivity index (χ1n) is 3.93. The van der Waals surface area contributed by atoms with Crippen LogP contribution in [0.2, 0.25) is 0 Å². The Hall–Kier alpha value is -0.990. The van der Waals surface area contributed by atoms with Gasteiger partial charge in [0.05, 0.1) is 7.11 Å². The van der Waals surface area contributed by atoms with E-state index in [0.717, 1.165) is 6.54 Å². The molecule has 62 valence electrons. The van der Waals surface area contributed by atoms with Crippen LogP contribution in [0.15, 0.2) is 12.4 Å². The molecule has 0 radical (unpaired) electrons. The van der Waals surface area contributed by atoms with Gasteiger partial charge in [0.1, 0.15) is 0 Å². The van der Waals surface area contributed by atoms with Crippen LogP contribution in [0, 0.1) is 0 Å². The van der Waals surface area contributed by atoms with Gasteiger partial charge in [-0.1, -0.05) is 13.3 Å². The van der Waals surface area contributed by atoms with E-state index >= 15 is 0 Å². The lowest BCUT2D eigenvalue weighted by Crippen LogP contribution is -1.99. The molecule has 0 saturated carbocycles. The Kier molecular flexibility index (Phi) is 2.95. The van der Waals surface area contributed by atoms with Gasteiger partial charge in [0.25, 0.3) is 6.01 Å². The maximum Gasteiger partial charge on any atom is 0.295 e. The van der Waals surface area contributed by atoms with Crippen molar-refractivity contribution < 1.29 is 4.74 Å². The van der Waals surface area contributed by atoms with Gasteiger partial charge in [0.2, 0.25) is 0 Å². The maximum atomic E-state index is 5.03. The van der Waals surface area contributed by atoms with Gasteiger partial charge in [-0.05, 0) is 6.42 Å². The van der Waals surface area contributed by atoms with Crippen molar-refractivity contribution in [1.82, 2.24) is 9.55 Å². The highest BCUT2D eigenvalue weighted by Crippen LogP contribution is 2.07. The summed E-state index contributed by atoms with van der Waals surface area (Å²) in [5.74, 6) is 0. The summed E-state index contributed by atoms with van der Waals surface area (Å²) in [6.45, 7) is 3.17. The average molecular weight is 154 g/mol. The SMILES string of the molecule is CCCCn1ccnc1OC. The second kappa shape index (κ2) is 4.01. The molecule has 0 aliphatic rings. The molecule has 0 aliphatic heterocycles. The van der Waals surface area contributed by atoms with Crippen LogP contribution in [0.25, 0.3) is 0 Å². The molecule has 1 aromatic heterocycles. The third-order valence-electron chi connectivity index (χ3n) is 1.61. The van der Waals surface area contributed by atoms with Crippen LogP contribution in [-0.4, -0.2) is 16.7 Å². The molecular weight excluding hydrogens is 140 g/mol. The molecule has 0 unspecified atom stereocenters. The second-order valence-electron chi connectivity index (χ2n) is 2.46. The van der Waals surface area contributed by atoms with Gasteiger partial charge in [-0.25, -0.2) is 4.98 Å². The van der Waals surface area contributed by atoms with Crippen LogP contribution in [-0.2, 0) is 6.54 Å². The van der Waals surface area contributed by atoms with E-state index in [1.54, 1.807) is 13.3 Å². The number of hydrogen-bond acceptors (Lipinski definition) is 2. The Morgan fingerprint density at radius 2 is 2.45 bits per heavy atom. The van der Waals surface area contributed by atoms with E-state index in [0.29, 0.717) is 6.01 Å². The number of nitrogens with zero attached hydrogens (tertiary/aromatic N) is 2. The van der Waals surface area contributed by atoms with Gasteiger partial charge in [-0.15, -0.1) is 0 Å². The monoisotopic (exact) mass is 154 g/mol. The van der Waals surface area contributed by atoms with Gasteiger partial charge in [-0.3, -0.25) is 0 Å². The zero-order chi connectivity index (χ0) is 8.10. The van der Waals surface area contributed by atoms with E-state index in [4.69, 9.17) is 4.74 Å². The summed E-state index contributed by atoms with van der Waals surface area (Å²) in [4.78, 5) is 4.03. The minimum absolute atomic E-state index is 0.707. The Morgan fingerprint density at radius 1 is 1.64 bits per heavy atom. The van der Waals surface area contributed by atoms with E-state index in [2.05, 4.69) is 11.9 Å². The molecule has 1 aromatic rings. The zero-order valence-electron chi connectivity index (χ0n) is 7.08. The summed E-state index contributed by atoms with van der Waals surface area (Å²) in [6.07, 6.45) is 6.07. The molecule has 1 rings (SSSR count). The van der Waals surface area contributed by atoms with Crippen LogP contribution >= 0.6 is 0 Å². The number of hydrogen-bond donors (Lipinski definition) is 0. The average Bonchev–Trinajstić information content (AvgIpc) is 2.47. The summed E-state index contributed by atoms with van der Waals surface area (Å²) in [5.41, 5.74) is 0. The molecule has 0 spiro atoms. The summed E-state index contributed by atoms with van der Waals surface area (Å²) >= 11 is 0. The molecule has 0 saturated heterocycles. The molecule has 0 amide bonds. The third-order valence-corrected chi connectivity index (χ3v) is 1.61. The van der Waals surface area contributed by atoms with E-state index in [1.165, 1.54) is 12.8 Å². The fraction of sp³-hybridized carbons (Fsp3) is 0.625. The first-order chi connectivity index (χ1) is 5.38. The minimum atomic E-state index is 0.707. The van der Waals surface area contributed by atoms with E-state index in [1.807, 2.05) is 10.8 Å². The van der Waals surface area contributed by atoms with Crippen LogP contribution in [0.4, 0.5) is 0 Å². The lowest BCUT2D eigenvalue weighted by atomic mass is 10.3. The molecule has 0 bridgehead atoms. The highest BCUT2D eigenvalue weighted by atomic mass is 16.5. The van der Waals surface area contributed by atoms with Crippen molar-refractivity contribution in [1.29, 1.82) is 0 Å². The zero-order valence-corrected chi connectivity index (χ0v) is 7.08. The standard InChI is InChI=1S/C8H14N2O/c1-3-4-6-10-7-5-9-8(10)11-2/h5,7H,3-4,6H2,1-2H3. The van der Waals surface area contributed by atoms with Crippen molar-refractivity contribution in [3.05, 3.63) is 12.4 Å². The van der Waals surface area contributed by atoms with Crippen molar-refractivity contribution in [2.24, 2.45) is 0 Å². The highest BCUT2D eigenvalue weighted by molar-refractivity contribution is 4.97. The first kappa shape index (κ1) is 8.11. The lowest BCUT2D eigenvalue weighted by Gasteiger charge is -2.03. The topological polar surface area (TPSA) is 27.1 Å².